The minimum absolute atomic E-state index is 0.228. The number of imidazole rings is 1. The Balaban J connectivity index is 1.68. The first-order chi connectivity index (χ1) is 10.2. The molecule has 2 aromatic rings. The standard InChI is InChI=1S/C15H24N4OS/c1-11(2)18-4-6-20-14(10-18)13(16-3)8-12-9-19-5-7-21-15(19)17-12/h5,7,9,11,13-14,16H,4,6,8,10H2,1-3H3. The molecule has 1 N–H and O–H groups in total. The zero-order chi connectivity index (χ0) is 14.8. The van der Waals surface area contributed by atoms with Crippen LogP contribution in [0, 0.1) is 0 Å². The highest BCUT2D eigenvalue weighted by Crippen LogP contribution is 2.17. The zero-order valence-corrected chi connectivity index (χ0v) is 13.8. The first-order valence-corrected chi connectivity index (χ1v) is 8.49. The second kappa shape index (κ2) is 6.44. The number of morpholine rings is 1. The monoisotopic (exact) mass is 308 g/mol. The summed E-state index contributed by atoms with van der Waals surface area (Å²) in [5.41, 5.74) is 1.13. The normalized spacial score (nSPS) is 22.2. The molecule has 0 saturated carbocycles. The van der Waals surface area contributed by atoms with Gasteiger partial charge in [-0.2, -0.15) is 0 Å². The Kier molecular flexibility index (Phi) is 4.59. The van der Waals surface area contributed by atoms with Gasteiger partial charge >= 0.3 is 0 Å². The van der Waals surface area contributed by atoms with Crippen LogP contribution in [0.15, 0.2) is 17.8 Å². The maximum atomic E-state index is 6.00. The van der Waals surface area contributed by atoms with Gasteiger partial charge in [0.1, 0.15) is 0 Å². The number of hydrogen-bond donors (Lipinski definition) is 1. The van der Waals surface area contributed by atoms with Gasteiger partial charge in [-0.15, -0.1) is 11.3 Å². The third-order valence-corrected chi connectivity index (χ3v) is 5.02. The number of hydrogen-bond acceptors (Lipinski definition) is 5. The smallest absolute Gasteiger partial charge is 0.193 e. The summed E-state index contributed by atoms with van der Waals surface area (Å²) in [6.07, 6.45) is 5.31. The minimum Gasteiger partial charge on any atom is -0.374 e. The van der Waals surface area contributed by atoms with Gasteiger partial charge in [0.15, 0.2) is 4.96 Å². The lowest BCUT2D eigenvalue weighted by Crippen LogP contribution is -2.53. The molecule has 21 heavy (non-hydrogen) atoms. The fraction of sp³-hybridized carbons (Fsp3) is 0.667. The van der Waals surface area contributed by atoms with Crippen molar-refractivity contribution in [3.63, 3.8) is 0 Å². The Morgan fingerprint density at radius 2 is 2.38 bits per heavy atom. The van der Waals surface area contributed by atoms with Gasteiger partial charge in [-0.1, -0.05) is 0 Å². The topological polar surface area (TPSA) is 41.8 Å². The van der Waals surface area contributed by atoms with Gasteiger partial charge in [0.2, 0.25) is 0 Å². The molecule has 6 heteroatoms. The molecule has 2 unspecified atom stereocenters. The van der Waals surface area contributed by atoms with Crippen LogP contribution in [0.5, 0.6) is 0 Å². The van der Waals surface area contributed by atoms with Crippen molar-refractivity contribution in [2.24, 2.45) is 0 Å². The Hall–Kier alpha value is -0.950. The van der Waals surface area contributed by atoms with E-state index in [1.807, 2.05) is 7.05 Å². The molecule has 0 aliphatic carbocycles. The van der Waals surface area contributed by atoms with Gasteiger partial charge < -0.3 is 10.1 Å². The van der Waals surface area contributed by atoms with E-state index >= 15 is 0 Å². The van der Waals surface area contributed by atoms with Crippen molar-refractivity contribution in [3.8, 4) is 0 Å². The van der Waals surface area contributed by atoms with Gasteiger partial charge in [0.05, 0.1) is 18.4 Å². The summed E-state index contributed by atoms with van der Waals surface area (Å²) in [5, 5.41) is 5.48. The van der Waals surface area contributed by atoms with Crippen molar-refractivity contribution in [2.45, 2.75) is 38.5 Å². The Bertz CT molecular complexity index is 550. The van der Waals surface area contributed by atoms with E-state index in [0.29, 0.717) is 12.1 Å². The van der Waals surface area contributed by atoms with Gasteiger partial charge in [-0.25, -0.2) is 4.98 Å². The molecular weight excluding hydrogens is 284 g/mol. The summed E-state index contributed by atoms with van der Waals surface area (Å²) in [6.45, 7) is 7.34. The molecule has 1 aliphatic rings. The van der Waals surface area contributed by atoms with Gasteiger partial charge in [-0.3, -0.25) is 9.30 Å². The van der Waals surface area contributed by atoms with Crippen molar-refractivity contribution in [1.82, 2.24) is 19.6 Å². The van der Waals surface area contributed by atoms with E-state index in [1.165, 1.54) is 0 Å². The van der Waals surface area contributed by atoms with E-state index in [4.69, 9.17) is 4.74 Å². The van der Waals surface area contributed by atoms with Crippen molar-refractivity contribution >= 4 is 16.3 Å². The van der Waals surface area contributed by atoms with Crippen molar-refractivity contribution in [2.75, 3.05) is 26.7 Å². The molecule has 2 atom stereocenters. The highest BCUT2D eigenvalue weighted by molar-refractivity contribution is 7.15. The summed E-state index contributed by atoms with van der Waals surface area (Å²) in [5.74, 6) is 0. The fourth-order valence-electron chi connectivity index (χ4n) is 2.93. The van der Waals surface area contributed by atoms with Crippen LogP contribution in [-0.4, -0.2) is 59.2 Å². The second-order valence-corrected chi connectivity index (χ2v) is 6.80. The summed E-state index contributed by atoms with van der Waals surface area (Å²) < 4.78 is 8.10. The van der Waals surface area contributed by atoms with E-state index < -0.39 is 0 Å². The molecule has 0 aromatic carbocycles. The first kappa shape index (κ1) is 15.0. The molecule has 1 aliphatic heterocycles. The third kappa shape index (κ3) is 3.29. The average Bonchev–Trinajstić information content (AvgIpc) is 3.05. The lowest BCUT2D eigenvalue weighted by Gasteiger charge is -2.38. The number of nitrogens with zero attached hydrogens (tertiary/aromatic N) is 3. The number of fused-ring (bicyclic) bond motifs is 1. The largest absolute Gasteiger partial charge is 0.374 e. The van der Waals surface area contributed by atoms with Crippen LogP contribution in [0.4, 0.5) is 0 Å². The maximum absolute atomic E-state index is 6.00. The van der Waals surface area contributed by atoms with Crippen LogP contribution < -0.4 is 5.32 Å². The van der Waals surface area contributed by atoms with Crippen molar-refractivity contribution in [1.29, 1.82) is 0 Å². The molecule has 5 nitrogen and oxygen atoms in total. The van der Waals surface area contributed by atoms with E-state index in [-0.39, 0.29) is 6.10 Å². The summed E-state index contributed by atoms with van der Waals surface area (Å²) in [7, 11) is 2.01. The molecule has 1 saturated heterocycles. The number of likely N-dealkylation sites (N-methyl/N-ethyl adjacent to an activating group) is 1. The van der Waals surface area contributed by atoms with E-state index in [0.717, 1.165) is 36.8 Å². The number of aromatic nitrogens is 2. The highest BCUT2D eigenvalue weighted by Gasteiger charge is 2.29. The van der Waals surface area contributed by atoms with Crippen LogP contribution >= 0.6 is 11.3 Å². The minimum atomic E-state index is 0.228. The maximum Gasteiger partial charge on any atom is 0.193 e. The quantitative estimate of drug-likeness (QED) is 0.912. The molecule has 0 bridgehead atoms. The van der Waals surface area contributed by atoms with Crippen molar-refractivity contribution in [3.05, 3.63) is 23.5 Å². The van der Waals surface area contributed by atoms with Crippen LogP contribution in [0.2, 0.25) is 0 Å². The lowest BCUT2D eigenvalue weighted by molar-refractivity contribution is -0.0542. The molecular formula is C15H24N4OS. The molecule has 1 fully saturated rings. The second-order valence-electron chi connectivity index (χ2n) is 5.92. The Labute approximate surface area is 129 Å². The van der Waals surface area contributed by atoms with E-state index in [9.17, 15) is 0 Å². The lowest BCUT2D eigenvalue weighted by atomic mass is 10.0. The van der Waals surface area contributed by atoms with Gasteiger partial charge in [0, 0.05) is 49.4 Å². The SMILES string of the molecule is CNC(Cc1cn2ccsc2n1)C1CN(C(C)C)CCO1. The van der Waals surface area contributed by atoms with Crippen LogP contribution in [-0.2, 0) is 11.2 Å². The molecule has 2 aromatic heterocycles. The summed E-state index contributed by atoms with van der Waals surface area (Å²) >= 11 is 1.67. The fourth-order valence-corrected chi connectivity index (χ4v) is 3.65. The highest BCUT2D eigenvalue weighted by atomic mass is 32.1. The predicted octanol–water partition coefficient (Wildman–Crippen LogP) is 1.64. The summed E-state index contributed by atoms with van der Waals surface area (Å²) in [6, 6.07) is 0.878. The van der Waals surface area contributed by atoms with Crippen LogP contribution in [0.3, 0.4) is 0 Å². The molecule has 116 valence electrons. The number of thiazole rings is 1. The average molecular weight is 308 g/mol. The third-order valence-electron chi connectivity index (χ3n) is 4.25. The predicted molar refractivity (Wildman–Crippen MR) is 86.1 cm³/mol. The Morgan fingerprint density at radius 3 is 3.10 bits per heavy atom. The number of ether oxygens (including phenoxy) is 1. The van der Waals surface area contributed by atoms with Gasteiger partial charge in [-0.05, 0) is 20.9 Å². The van der Waals surface area contributed by atoms with E-state index in [2.05, 4.69) is 51.2 Å². The molecule has 3 heterocycles. The van der Waals surface area contributed by atoms with E-state index in [1.54, 1.807) is 11.3 Å². The Morgan fingerprint density at radius 1 is 1.52 bits per heavy atom. The van der Waals surface area contributed by atoms with Crippen LogP contribution in [0.1, 0.15) is 19.5 Å². The molecule has 0 amide bonds. The molecule has 0 radical (unpaired) electrons. The summed E-state index contributed by atoms with van der Waals surface area (Å²) in [4.78, 5) is 8.24. The zero-order valence-electron chi connectivity index (χ0n) is 13.0. The molecule has 3 rings (SSSR count). The van der Waals surface area contributed by atoms with Gasteiger partial charge in [0.25, 0.3) is 0 Å². The molecule has 0 spiro atoms. The number of rotatable bonds is 5. The first-order valence-electron chi connectivity index (χ1n) is 7.61. The van der Waals surface area contributed by atoms with Crippen molar-refractivity contribution < 1.29 is 4.74 Å². The van der Waals surface area contributed by atoms with Crippen LogP contribution in [0.25, 0.3) is 4.96 Å². The number of nitrogens with one attached hydrogen (secondary N) is 1.